The van der Waals surface area contributed by atoms with Gasteiger partial charge in [-0.2, -0.15) is 0 Å². The van der Waals surface area contributed by atoms with Gasteiger partial charge in [-0.3, -0.25) is 0 Å². The summed E-state index contributed by atoms with van der Waals surface area (Å²) in [4.78, 5) is 4.67. The summed E-state index contributed by atoms with van der Waals surface area (Å²) in [5, 5.41) is 16.1. The molecule has 0 bridgehead atoms. The fourth-order valence-electron chi connectivity index (χ4n) is 1.10. The molecule has 1 aromatic carbocycles. The first kappa shape index (κ1) is 11.5. The third-order valence-corrected chi connectivity index (χ3v) is 2.13. The average Bonchev–Trinajstić information content (AvgIpc) is 2.26. The minimum atomic E-state index is 0.338. The zero-order valence-corrected chi connectivity index (χ0v) is 9.19. The standard InChI is InChI=1S/C10H11ClN2O2/c1-7(12-14)10(13-15-2)8-5-3-4-6-9(8)11/h3-6,14H,1-2H3/b12-7+,13-10-. The molecule has 5 heteroatoms. The van der Waals surface area contributed by atoms with Crippen molar-refractivity contribution in [1.82, 2.24) is 0 Å². The summed E-state index contributed by atoms with van der Waals surface area (Å²) in [6.45, 7) is 1.61. The van der Waals surface area contributed by atoms with Crippen molar-refractivity contribution < 1.29 is 10.0 Å². The SMILES string of the molecule is CO/N=C(/C(C)=N/O)c1ccccc1Cl. The number of hydrogen-bond donors (Lipinski definition) is 1. The predicted octanol–water partition coefficient (Wildman–Crippen LogP) is 2.54. The van der Waals surface area contributed by atoms with Crippen LogP contribution in [0.2, 0.25) is 5.02 Å². The van der Waals surface area contributed by atoms with Crippen LogP contribution in [0.4, 0.5) is 0 Å². The number of benzene rings is 1. The largest absolute Gasteiger partial charge is 0.411 e. The van der Waals surface area contributed by atoms with E-state index in [1.165, 1.54) is 7.11 Å². The molecule has 0 unspecified atom stereocenters. The van der Waals surface area contributed by atoms with E-state index in [9.17, 15) is 0 Å². The maximum atomic E-state index is 8.69. The van der Waals surface area contributed by atoms with Crippen LogP contribution in [-0.4, -0.2) is 23.7 Å². The lowest BCUT2D eigenvalue weighted by Gasteiger charge is -2.05. The van der Waals surface area contributed by atoms with E-state index in [4.69, 9.17) is 16.8 Å². The molecule has 4 nitrogen and oxygen atoms in total. The molecule has 0 aliphatic heterocycles. The molecule has 0 aliphatic rings. The van der Waals surface area contributed by atoms with Crippen LogP contribution in [0.15, 0.2) is 34.6 Å². The fraction of sp³-hybridized carbons (Fsp3) is 0.200. The third kappa shape index (κ3) is 2.70. The lowest BCUT2D eigenvalue weighted by Crippen LogP contribution is -2.13. The molecule has 80 valence electrons. The normalized spacial score (nSPS) is 12.7. The fourth-order valence-corrected chi connectivity index (χ4v) is 1.33. The van der Waals surface area contributed by atoms with Gasteiger partial charge in [0.05, 0.1) is 5.02 Å². The Morgan fingerprint density at radius 2 is 2.07 bits per heavy atom. The van der Waals surface area contributed by atoms with Gasteiger partial charge in [-0.05, 0) is 13.0 Å². The molecule has 1 N–H and O–H groups in total. The van der Waals surface area contributed by atoms with E-state index < -0.39 is 0 Å². The topological polar surface area (TPSA) is 54.2 Å². The van der Waals surface area contributed by atoms with Crippen LogP contribution in [-0.2, 0) is 4.84 Å². The van der Waals surface area contributed by atoms with Crippen molar-refractivity contribution in [3.63, 3.8) is 0 Å². The highest BCUT2D eigenvalue weighted by molar-refractivity contribution is 6.50. The first-order valence-electron chi connectivity index (χ1n) is 4.25. The van der Waals surface area contributed by atoms with E-state index in [1.54, 1.807) is 19.1 Å². The van der Waals surface area contributed by atoms with Gasteiger partial charge in [-0.15, -0.1) is 0 Å². The monoisotopic (exact) mass is 226 g/mol. The maximum absolute atomic E-state index is 8.69. The highest BCUT2D eigenvalue weighted by Gasteiger charge is 2.12. The molecule has 0 amide bonds. The Labute approximate surface area is 92.8 Å². The summed E-state index contributed by atoms with van der Waals surface area (Å²) in [7, 11) is 1.42. The van der Waals surface area contributed by atoms with Crippen molar-refractivity contribution in [2.45, 2.75) is 6.92 Å². The summed E-state index contributed by atoms with van der Waals surface area (Å²) in [5.41, 5.74) is 1.41. The Hall–Kier alpha value is -1.55. The summed E-state index contributed by atoms with van der Waals surface area (Å²) < 4.78 is 0. The molecule has 0 aliphatic carbocycles. The zero-order chi connectivity index (χ0) is 11.3. The summed E-state index contributed by atoms with van der Waals surface area (Å²) in [6, 6.07) is 7.13. The van der Waals surface area contributed by atoms with Crippen LogP contribution in [0, 0.1) is 0 Å². The molecule has 0 spiro atoms. The van der Waals surface area contributed by atoms with Gasteiger partial charge in [-0.25, -0.2) is 0 Å². The lowest BCUT2D eigenvalue weighted by atomic mass is 10.1. The second kappa shape index (κ2) is 5.36. The molecule has 1 rings (SSSR count). The van der Waals surface area contributed by atoms with Crippen molar-refractivity contribution in [1.29, 1.82) is 0 Å². The summed E-state index contributed by atoms with van der Waals surface area (Å²) in [6.07, 6.45) is 0. The average molecular weight is 227 g/mol. The molecule has 0 heterocycles. The Kier molecular flexibility index (Phi) is 4.12. The minimum absolute atomic E-state index is 0.338. The van der Waals surface area contributed by atoms with Crippen LogP contribution in [0.5, 0.6) is 0 Å². The van der Waals surface area contributed by atoms with E-state index in [1.807, 2.05) is 12.1 Å². The molecule has 1 aromatic rings. The molecule has 15 heavy (non-hydrogen) atoms. The van der Waals surface area contributed by atoms with Crippen LogP contribution in [0.3, 0.4) is 0 Å². The van der Waals surface area contributed by atoms with Crippen molar-refractivity contribution in [2.24, 2.45) is 10.3 Å². The molecule has 0 saturated heterocycles. The van der Waals surface area contributed by atoms with Crippen LogP contribution >= 0.6 is 11.6 Å². The predicted molar refractivity (Wildman–Crippen MR) is 59.9 cm³/mol. The van der Waals surface area contributed by atoms with Gasteiger partial charge < -0.3 is 10.0 Å². The van der Waals surface area contributed by atoms with Gasteiger partial charge in [0.15, 0.2) is 0 Å². The molecule has 0 radical (unpaired) electrons. The Morgan fingerprint density at radius 3 is 2.60 bits per heavy atom. The number of oxime groups is 2. The molecule has 0 atom stereocenters. The van der Waals surface area contributed by atoms with Gasteiger partial charge in [0, 0.05) is 5.56 Å². The third-order valence-electron chi connectivity index (χ3n) is 1.80. The first-order valence-corrected chi connectivity index (χ1v) is 4.63. The van der Waals surface area contributed by atoms with Crippen molar-refractivity contribution >= 4 is 23.0 Å². The summed E-state index contributed by atoms with van der Waals surface area (Å²) in [5.74, 6) is 0. The van der Waals surface area contributed by atoms with E-state index in [-0.39, 0.29) is 0 Å². The lowest BCUT2D eigenvalue weighted by molar-refractivity contribution is 0.214. The van der Waals surface area contributed by atoms with Gasteiger partial charge >= 0.3 is 0 Å². The molecule has 0 fully saturated rings. The van der Waals surface area contributed by atoms with E-state index in [0.717, 1.165) is 0 Å². The van der Waals surface area contributed by atoms with Crippen LogP contribution < -0.4 is 0 Å². The number of hydrogen-bond acceptors (Lipinski definition) is 4. The maximum Gasteiger partial charge on any atom is 0.136 e. The zero-order valence-electron chi connectivity index (χ0n) is 8.44. The molecule has 0 saturated carbocycles. The van der Waals surface area contributed by atoms with Crippen LogP contribution in [0.25, 0.3) is 0 Å². The molecular weight excluding hydrogens is 216 g/mol. The number of rotatable bonds is 3. The van der Waals surface area contributed by atoms with Gasteiger partial charge in [0.1, 0.15) is 18.5 Å². The second-order valence-corrected chi connectivity index (χ2v) is 3.19. The summed E-state index contributed by atoms with van der Waals surface area (Å²) >= 11 is 5.98. The van der Waals surface area contributed by atoms with Crippen molar-refractivity contribution in [3.8, 4) is 0 Å². The van der Waals surface area contributed by atoms with Gasteiger partial charge in [0.25, 0.3) is 0 Å². The highest BCUT2D eigenvalue weighted by Crippen LogP contribution is 2.16. The van der Waals surface area contributed by atoms with Crippen molar-refractivity contribution in [3.05, 3.63) is 34.9 Å². The van der Waals surface area contributed by atoms with E-state index in [0.29, 0.717) is 22.0 Å². The van der Waals surface area contributed by atoms with E-state index >= 15 is 0 Å². The number of nitrogens with zero attached hydrogens (tertiary/aromatic N) is 2. The molecule has 0 aromatic heterocycles. The smallest absolute Gasteiger partial charge is 0.136 e. The van der Waals surface area contributed by atoms with Crippen LogP contribution in [0.1, 0.15) is 12.5 Å². The quantitative estimate of drug-likeness (QED) is 0.489. The first-order chi connectivity index (χ1) is 7.20. The minimum Gasteiger partial charge on any atom is -0.411 e. The van der Waals surface area contributed by atoms with Crippen molar-refractivity contribution in [2.75, 3.05) is 7.11 Å². The number of halogens is 1. The Morgan fingerprint density at radius 1 is 1.40 bits per heavy atom. The Bertz CT molecular complexity index is 402. The van der Waals surface area contributed by atoms with E-state index in [2.05, 4.69) is 15.1 Å². The van der Waals surface area contributed by atoms with Gasteiger partial charge in [-0.1, -0.05) is 40.1 Å². The highest BCUT2D eigenvalue weighted by atomic mass is 35.5. The second-order valence-electron chi connectivity index (χ2n) is 2.79. The molecular formula is C10H11ClN2O2. The Balaban J connectivity index is 3.23. The van der Waals surface area contributed by atoms with Gasteiger partial charge in [0.2, 0.25) is 0 Å².